The number of rotatable bonds is 12. The van der Waals surface area contributed by atoms with Crippen molar-refractivity contribution in [2.45, 2.75) is 23.6 Å². The molecule has 8 nitrogen and oxygen atoms in total. The number of nitrogens with zero attached hydrogens (tertiary/aromatic N) is 2. The molecule has 1 saturated heterocycles. The highest BCUT2D eigenvalue weighted by Gasteiger charge is 2.32. The van der Waals surface area contributed by atoms with Gasteiger partial charge in [0.2, 0.25) is 0 Å². The highest BCUT2D eigenvalue weighted by Crippen LogP contribution is 2.40. The molecule has 2 atom stereocenters. The van der Waals surface area contributed by atoms with E-state index in [4.69, 9.17) is 27.2 Å². The van der Waals surface area contributed by atoms with Crippen LogP contribution in [0.25, 0.3) is 5.57 Å². The highest BCUT2D eigenvalue weighted by atomic mass is 35.5. The van der Waals surface area contributed by atoms with Gasteiger partial charge >= 0.3 is 0 Å². The fraction of sp³-hybridized carbons (Fsp3) is 0.310. The summed E-state index contributed by atoms with van der Waals surface area (Å²) in [5, 5.41) is 29.8. The Morgan fingerprint density at radius 2 is 1.82 bits per heavy atom. The zero-order valence-corrected chi connectivity index (χ0v) is 24.2. The maximum Gasteiger partial charge on any atom is 0.119 e. The average Bonchev–Trinajstić information content (AvgIpc) is 3.69. The molecule has 208 valence electrons. The van der Waals surface area contributed by atoms with Crippen LogP contribution in [0.1, 0.15) is 29.3 Å². The molecule has 0 spiro atoms. The first kappa shape index (κ1) is 28.3. The van der Waals surface area contributed by atoms with E-state index in [0.717, 1.165) is 70.5 Å². The number of hydrogen-bond donors (Lipinski definition) is 4. The van der Waals surface area contributed by atoms with Crippen molar-refractivity contribution < 1.29 is 4.74 Å². The standard InChI is InChI=1S/C29H31ClN6O2S2/c30-21-7-3-20(4-8-21)28-34-22(17-39-28)18-40-29-25(16-32)26(19-5-9-23(10-6-19)38-14-11-33-37)24(15-31)27(35-29)36-12-1-2-13-36/h3-10,15-17,28-29,31-32,34-35H,1-2,11-14,18H2. The summed E-state index contributed by atoms with van der Waals surface area (Å²) in [6.45, 7) is 2.20. The Bertz CT molecular complexity index is 1340. The van der Waals surface area contributed by atoms with E-state index in [-0.39, 0.29) is 23.9 Å². The lowest BCUT2D eigenvalue weighted by Gasteiger charge is -2.36. The molecule has 4 N–H and O–H groups in total. The molecule has 1 fully saturated rings. The summed E-state index contributed by atoms with van der Waals surface area (Å²) < 4.78 is 5.60. The van der Waals surface area contributed by atoms with E-state index in [0.29, 0.717) is 5.75 Å². The summed E-state index contributed by atoms with van der Waals surface area (Å²) in [5.41, 5.74) is 5.72. The first-order valence-electron chi connectivity index (χ1n) is 13.1. The zero-order valence-electron chi connectivity index (χ0n) is 21.9. The van der Waals surface area contributed by atoms with Crippen molar-refractivity contribution in [2.24, 2.45) is 5.18 Å². The molecule has 3 aliphatic rings. The van der Waals surface area contributed by atoms with Crippen molar-refractivity contribution in [2.75, 3.05) is 32.0 Å². The molecule has 0 bridgehead atoms. The minimum absolute atomic E-state index is 0.0968. The average molecular weight is 595 g/mol. The van der Waals surface area contributed by atoms with Crippen LogP contribution >= 0.6 is 35.1 Å². The number of halogens is 1. The minimum Gasteiger partial charge on any atom is -0.492 e. The maximum atomic E-state index is 10.4. The lowest BCUT2D eigenvalue weighted by Crippen LogP contribution is -2.41. The van der Waals surface area contributed by atoms with Crippen LogP contribution in [0.15, 0.2) is 81.8 Å². The first-order valence-corrected chi connectivity index (χ1v) is 15.5. The third-order valence-corrected chi connectivity index (χ3v) is 9.44. The van der Waals surface area contributed by atoms with Gasteiger partial charge < -0.3 is 31.1 Å². The van der Waals surface area contributed by atoms with Crippen LogP contribution in [0.4, 0.5) is 0 Å². The van der Waals surface area contributed by atoms with Gasteiger partial charge in [0.1, 0.15) is 35.5 Å². The number of ether oxygens (including phenoxy) is 1. The van der Waals surface area contributed by atoms with E-state index in [1.165, 1.54) is 18.0 Å². The van der Waals surface area contributed by atoms with E-state index in [1.807, 2.05) is 48.5 Å². The Morgan fingerprint density at radius 3 is 2.50 bits per heavy atom. The number of likely N-dealkylation sites (tertiary alicyclic amines) is 1. The number of hydrogen-bond acceptors (Lipinski definition) is 10. The van der Waals surface area contributed by atoms with Crippen molar-refractivity contribution in [1.29, 1.82) is 10.8 Å². The molecule has 2 aromatic rings. The van der Waals surface area contributed by atoms with Crippen LogP contribution in [0.5, 0.6) is 5.75 Å². The first-order chi connectivity index (χ1) is 19.6. The Balaban J connectivity index is 1.39. The maximum absolute atomic E-state index is 10.4. The van der Waals surface area contributed by atoms with Crippen molar-refractivity contribution in [1.82, 2.24) is 15.5 Å². The Morgan fingerprint density at radius 1 is 1.07 bits per heavy atom. The summed E-state index contributed by atoms with van der Waals surface area (Å²) in [4.78, 5) is 12.7. The molecule has 0 amide bonds. The predicted molar refractivity (Wildman–Crippen MR) is 167 cm³/mol. The van der Waals surface area contributed by atoms with Gasteiger partial charge in [-0.25, -0.2) is 0 Å². The second-order valence-corrected chi connectivity index (χ2v) is 12.0. The molecule has 0 radical (unpaired) electrons. The molecule has 11 heteroatoms. The van der Waals surface area contributed by atoms with E-state index < -0.39 is 0 Å². The number of nitroso groups, excluding NO2 is 1. The molecule has 40 heavy (non-hydrogen) atoms. The van der Waals surface area contributed by atoms with Crippen LogP contribution in [0.2, 0.25) is 5.02 Å². The Labute approximate surface area is 247 Å². The van der Waals surface area contributed by atoms with Gasteiger partial charge in [0.25, 0.3) is 0 Å². The lowest BCUT2D eigenvalue weighted by atomic mass is 9.90. The molecular weight excluding hydrogens is 564 g/mol. The second kappa shape index (κ2) is 13.4. The van der Waals surface area contributed by atoms with Crippen molar-refractivity contribution in [3.8, 4) is 5.75 Å². The van der Waals surface area contributed by atoms with Gasteiger partial charge in [0, 0.05) is 58.7 Å². The smallest absolute Gasteiger partial charge is 0.119 e. The number of thioether (sulfide) groups is 2. The van der Waals surface area contributed by atoms with Crippen molar-refractivity contribution in [3.05, 3.63) is 97.7 Å². The third kappa shape index (κ3) is 6.40. The third-order valence-electron chi connectivity index (χ3n) is 6.92. The van der Waals surface area contributed by atoms with Gasteiger partial charge in [-0.2, -0.15) is 4.91 Å². The predicted octanol–water partition coefficient (Wildman–Crippen LogP) is 6.38. The summed E-state index contributed by atoms with van der Waals surface area (Å²) in [6.07, 6.45) is 5.04. The van der Waals surface area contributed by atoms with Crippen molar-refractivity contribution >= 4 is 53.1 Å². The molecule has 0 saturated carbocycles. The molecule has 3 aliphatic heterocycles. The fourth-order valence-electron chi connectivity index (χ4n) is 4.98. The SMILES string of the molecule is N=CC1=C(N2CCCC2)NC(SCC2=CSC(c3ccc(Cl)cc3)N2)C(C=N)=C1c1ccc(OCCN=O)cc1. The Hall–Kier alpha value is -3.21. The highest BCUT2D eigenvalue weighted by molar-refractivity contribution is 8.03. The van der Waals surface area contributed by atoms with Gasteiger partial charge in [-0.3, -0.25) is 0 Å². The normalized spacial score (nSPS) is 20.6. The topological polar surface area (TPSA) is 114 Å². The molecule has 3 heterocycles. The lowest BCUT2D eigenvalue weighted by molar-refractivity contribution is 0.328. The van der Waals surface area contributed by atoms with Gasteiger partial charge in [-0.15, -0.1) is 23.5 Å². The number of dihydropyridines is 1. The minimum atomic E-state index is -0.163. The van der Waals surface area contributed by atoms with E-state index in [1.54, 1.807) is 23.5 Å². The molecule has 0 aromatic heterocycles. The number of nitrogens with one attached hydrogen (secondary N) is 4. The van der Waals surface area contributed by atoms with Crippen LogP contribution in [0.3, 0.4) is 0 Å². The van der Waals surface area contributed by atoms with Crippen LogP contribution < -0.4 is 15.4 Å². The molecule has 2 unspecified atom stereocenters. The molecule has 5 rings (SSSR count). The van der Waals surface area contributed by atoms with Crippen LogP contribution in [-0.4, -0.2) is 54.7 Å². The molecule has 0 aliphatic carbocycles. The summed E-state index contributed by atoms with van der Waals surface area (Å²) in [6, 6.07) is 15.5. The van der Waals surface area contributed by atoms with E-state index in [9.17, 15) is 4.91 Å². The Kier molecular flexibility index (Phi) is 9.51. The monoisotopic (exact) mass is 594 g/mol. The van der Waals surface area contributed by atoms with Crippen molar-refractivity contribution in [3.63, 3.8) is 0 Å². The molecule has 2 aromatic carbocycles. The number of benzene rings is 2. The van der Waals surface area contributed by atoms with E-state index in [2.05, 4.69) is 26.1 Å². The zero-order chi connectivity index (χ0) is 27.9. The van der Waals surface area contributed by atoms with E-state index >= 15 is 0 Å². The number of allylic oxidation sites excluding steroid dienone is 2. The quantitative estimate of drug-likeness (QED) is 0.128. The second-order valence-electron chi connectivity index (χ2n) is 9.49. The largest absolute Gasteiger partial charge is 0.492 e. The fourth-order valence-corrected chi connectivity index (χ4v) is 7.27. The molecular formula is C29H31ClN6O2S2. The van der Waals surface area contributed by atoms with Crippen LogP contribution in [0, 0.1) is 15.7 Å². The summed E-state index contributed by atoms with van der Waals surface area (Å²) >= 11 is 9.54. The van der Waals surface area contributed by atoms with Crippen LogP contribution in [-0.2, 0) is 0 Å². The van der Waals surface area contributed by atoms with Gasteiger partial charge in [0.15, 0.2) is 0 Å². The van der Waals surface area contributed by atoms with Gasteiger partial charge in [-0.05, 0) is 53.6 Å². The van der Waals surface area contributed by atoms with Gasteiger partial charge in [0.05, 0.1) is 0 Å². The van der Waals surface area contributed by atoms with Gasteiger partial charge in [-0.1, -0.05) is 41.0 Å². The summed E-state index contributed by atoms with van der Waals surface area (Å²) in [5.74, 6) is 2.34. The summed E-state index contributed by atoms with van der Waals surface area (Å²) in [7, 11) is 0.